The van der Waals surface area contributed by atoms with Crippen LogP contribution in [-0.2, 0) is 22.4 Å². The molecule has 1 heterocycles. The second-order valence-corrected chi connectivity index (χ2v) is 4.20. The summed E-state index contributed by atoms with van der Waals surface area (Å²) < 4.78 is 5.00. The third-order valence-electron chi connectivity index (χ3n) is 2.66. The second kappa shape index (κ2) is 4.37. The lowest BCUT2D eigenvalue weighted by molar-refractivity contribution is -0.147. The highest BCUT2D eigenvalue weighted by Crippen LogP contribution is 2.30. The minimum atomic E-state index is -0.172. The molecular weight excluding hydrogens is 228 g/mol. The maximum absolute atomic E-state index is 11.6. The topological polar surface area (TPSA) is 52.1 Å². The molecule has 1 aromatic rings. The van der Waals surface area contributed by atoms with E-state index in [9.17, 15) is 4.79 Å². The fourth-order valence-corrected chi connectivity index (χ4v) is 2.27. The highest BCUT2D eigenvalue weighted by Gasteiger charge is 2.31. The zero-order valence-electron chi connectivity index (χ0n) is 9.29. The van der Waals surface area contributed by atoms with Gasteiger partial charge in [-0.3, -0.25) is 4.79 Å². The SMILES string of the molecule is CCOC(=O)C1Cc2nc(C)nc(Cl)c2C1. The van der Waals surface area contributed by atoms with E-state index in [4.69, 9.17) is 16.3 Å². The molecular formula is C11H13ClN2O2. The Labute approximate surface area is 99.0 Å². The predicted molar refractivity (Wildman–Crippen MR) is 59.3 cm³/mol. The Morgan fingerprint density at radius 2 is 2.25 bits per heavy atom. The van der Waals surface area contributed by atoms with Crippen LogP contribution in [0.3, 0.4) is 0 Å². The van der Waals surface area contributed by atoms with Crippen molar-refractivity contribution in [2.45, 2.75) is 26.7 Å². The molecule has 5 heteroatoms. The molecule has 0 N–H and O–H groups in total. The molecule has 0 bridgehead atoms. The predicted octanol–water partition coefficient (Wildman–Crippen LogP) is 1.72. The lowest BCUT2D eigenvalue weighted by Gasteiger charge is -2.06. The number of nitrogens with zero attached hydrogens (tertiary/aromatic N) is 2. The zero-order valence-corrected chi connectivity index (χ0v) is 10.0. The molecule has 1 atom stereocenters. The van der Waals surface area contributed by atoms with E-state index in [-0.39, 0.29) is 11.9 Å². The zero-order chi connectivity index (χ0) is 11.7. The smallest absolute Gasteiger partial charge is 0.309 e. The quantitative estimate of drug-likeness (QED) is 0.583. The Bertz CT molecular complexity index is 434. The summed E-state index contributed by atoms with van der Waals surface area (Å²) in [6, 6.07) is 0. The number of esters is 1. The van der Waals surface area contributed by atoms with Crippen LogP contribution in [0.1, 0.15) is 24.0 Å². The van der Waals surface area contributed by atoms with Crippen LogP contribution < -0.4 is 0 Å². The summed E-state index contributed by atoms with van der Waals surface area (Å²) in [6.07, 6.45) is 1.20. The molecule has 1 aliphatic carbocycles. The summed E-state index contributed by atoms with van der Waals surface area (Å²) in [6.45, 7) is 4.00. The number of halogens is 1. The summed E-state index contributed by atoms with van der Waals surface area (Å²) in [4.78, 5) is 20.0. The van der Waals surface area contributed by atoms with Crippen LogP contribution in [0.5, 0.6) is 0 Å². The van der Waals surface area contributed by atoms with Gasteiger partial charge in [-0.15, -0.1) is 0 Å². The van der Waals surface area contributed by atoms with Gasteiger partial charge in [0.25, 0.3) is 0 Å². The lowest BCUT2D eigenvalue weighted by atomic mass is 10.1. The molecule has 1 aliphatic rings. The first-order valence-corrected chi connectivity index (χ1v) is 5.68. The van der Waals surface area contributed by atoms with E-state index in [1.807, 2.05) is 0 Å². The summed E-state index contributed by atoms with van der Waals surface area (Å²) in [7, 11) is 0. The van der Waals surface area contributed by atoms with Crippen LogP contribution >= 0.6 is 11.6 Å². The van der Waals surface area contributed by atoms with Gasteiger partial charge in [0.05, 0.1) is 12.5 Å². The van der Waals surface area contributed by atoms with Crippen molar-refractivity contribution in [1.82, 2.24) is 9.97 Å². The van der Waals surface area contributed by atoms with Crippen LogP contribution in [0, 0.1) is 12.8 Å². The molecule has 2 rings (SSSR count). The van der Waals surface area contributed by atoms with Gasteiger partial charge < -0.3 is 4.74 Å². The Kier molecular flexibility index (Phi) is 3.10. The van der Waals surface area contributed by atoms with Gasteiger partial charge in [0.15, 0.2) is 0 Å². The number of carbonyl (C=O) groups excluding carboxylic acids is 1. The van der Waals surface area contributed by atoms with Crippen LogP contribution in [0.4, 0.5) is 0 Å². The standard InChI is InChI=1S/C11H13ClN2O2/c1-3-16-11(15)7-4-8-9(5-7)13-6(2)14-10(8)12/h7H,3-5H2,1-2H3. The van der Waals surface area contributed by atoms with Gasteiger partial charge in [0, 0.05) is 17.7 Å². The molecule has 0 radical (unpaired) electrons. The van der Waals surface area contributed by atoms with Gasteiger partial charge in [-0.25, -0.2) is 9.97 Å². The molecule has 86 valence electrons. The highest BCUT2D eigenvalue weighted by atomic mass is 35.5. The van der Waals surface area contributed by atoms with Gasteiger partial charge in [-0.2, -0.15) is 0 Å². The summed E-state index contributed by atoms with van der Waals surface area (Å²) in [5.41, 5.74) is 1.78. The normalized spacial score (nSPS) is 18.3. The van der Waals surface area contributed by atoms with Crippen LogP contribution in [-0.4, -0.2) is 22.5 Å². The van der Waals surface area contributed by atoms with Crippen molar-refractivity contribution in [2.24, 2.45) is 5.92 Å². The number of aryl methyl sites for hydroxylation is 1. The molecule has 1 aromatic heterocycles. The molecule has 0 saturated heterocycles. The summed E-state index contributed by atoms with van der Waals surface area (Å²) in [5.74, 6) is 0.325. The Balaban J connectivity index is 2.21. The van der Waals surface area contributed by atoms with Gasteiger partial charge in [0.2, 0.25) is 0 Å². The molecule has 0 aliphatic heterocycles. The van der Waals surface area contributed by atoms with Crippen molar-refractivity contribution in [3.8, 4) is 0 Å². The van der Waals surface area contributed by atoms with Crippen molar-refractivity contribution in [3.05, 3.63) is 22.2 Å². The van der Waals surface area contributed by atoms with Gasteiger partial charge >= 0.3 is 5.97 Å². The molecule has 1 unspecified atom stereocenters. The fraction of sp³-hybridized carbons (Fsp3) is 0.545. The molecule has 16 heavy (non-hydrogen) atoms. The van der Waals surface area contributed by atoms with Crippen molar-refractivity contribution in [2.75, 3.05) is 6.61 Å². The van der Waals surface area contributed by atoms with E-state index in [0.29, 0.717) is 30.4 Å². The second-order valence-electron chi connectivity index (χ2n) is 3.84. The van der Waals surface area contributed by atoms with Crippen LogP contribution in [0.2, 0.25) is 5.15 Å². The lowest BCUT2D eigenvalue weighted by Crippen LogP contribution is -2.17. The number of aromatic nitrogens is 2. The molecule has 0 spiro atoms. The Morgan fingerprint density at radius 3 is 2.94 bits per heavy atom. The van der Waals surface area contributed by atoms with E-state index in [1.165, 1.54) is 0 Å². The Morgan fingerprint density at radius 1 is 1.50 bits per heavy atom. The summed E-state index contributed by atoms with van der Waals surface area (Å²) >= 11 is 6.02. The van der Waals surface area contributed by atoms with Gasteiger partial charge in [-0.1, -0.05) is 11.6 Å². The van der Waals surface area contributed by atoms with E-state index >= 15 is 0 Å². The van der Waals surface area contributed by atoms with Gasteiger partial charge in [-0.05, 0) is 20.3 Å². The number of fused-ring (bicyclic) bond motifs is 1. The maximum atomic E-state index is 11.6. The molecule has 0 saturated carbocycles. The third kappa shape index (κ3) is 2.02. The fourth-order valence-electron chi connectivity index (χ4n) is 1.97. The number of hydrogen-bond acceptors (Lipinski definition) is 4. The monoisotopic (exact) mass is 240 g/mol. The van der Waals surface area contributed by atoms with E-state index in [2.05, 4.69) is 9.97 Å². The number of rotatable bonds is 2. The molecule has 0 amide bonds. The number of carbonyl (C=O) groups is 1. The van der Waals surface area contributed by atoms with E-state index in [1.54, 1.807) is 13.8 Å². The Hall–Kier alpha value is -1.16. The first-order valence-electron chi connectivity index (χ1n) is 5.30. The number of ether oxygens (including phenoxy) is 1. The van der Waals surface area contributed by atoms with Gasteiger partial charge in [0.1, 0.15) is 11.0 Å². The first kappa shape index (κ1) is 11.3. The van der Waals surface area contributed by atoms with E-state index in [0.717, 1.165) is 11.3 Å². The minimum absolute atomic E-state index is 0.149. The summed E-state index contributed by atoms with van der Waals surface area (Å²) in [5, 5.41) is 0.467. The average molecular weight is 241 g/mol. The average Bonchev–Trinajstić information content (AvgIpc) is 2.62. The van der Waals surface area contributed by atoms with Crippen molar-refractivity contribution < 1.29 is 9.53 Å². The minimum Gasteiger partial charge on any atom is -0.466 e. The van der Waals surface area contributed by atoms with Crippen LogP contribution in [0.15, 0.2) is 0 Å². The van der Waals surface area contributed by atoms with Crippen molar-refractivity contribution in [3.63, 3.8) is 0 Å². The van der Waals surface area contributed by atoms with Crippen molar-refractivity contribution >= 4 is 17.6 Å². The van der Waals surface area contributed by atoms with Crippen molar-refractivity contribution in [1.29, 1.82) is 0 Å². The maximum Gasteiger partial charge on any atom is 0.309 e. The highest BCUT2D eigenvalue weighted by molar-refractivity contribution is 6.30. The first-order chi connectivity index (χ1) is 7.61. The third-order valence-corrected chi connectivity index (χ3v) is 2.98. The molecule has 0 aromatic carbocycles. The van der Waals surface area contributed by atoms with E-state index < -0.39 is 0 Å². The molecule has 0 fully saturated rings. The number of hydrogen-bond donors (Lipinski definition) is 0. The largest absolute Gasteiger partial charge is 0.466 e. The van der Waals surface area contributed by atoms with Crippen LogP contribution in [0.25, 0.3) is 0 Å². The molecule has 4 nitrogen and oxygen atoms in total.